The van der Waals surface area contributed by atoms with Crippen LogP contribution in [0.4, 0.5) is 5.82 Å². The SMILES string of the molecule is Cc1ccc(Cn2c(=O)c(N3CCCC(C(=O)NCc4cccnc4)C3)nc3cccnc32)cc1. The van der Waals surface area contributed by atoms with Gasteiger partial charge in [-0.15, -0.1) is 0 Å². The van der Waals surface area contributed by atoms with Crippen molar-refractivity contribution in [3.63, 3.8) is 0 Å². The van der Waals surface area contributed by atoms with Crippen LogP contribution in [0.3, 0.4) is 0 Å². The van der Waals surface area contributed by atoms with Crippen molar-refractivity contribution < 1.29 is 4.79 Å². The van der Waals surface area contributed by atoms with E-state index in [0.717, 1.165) is 24.0 Å². The van der Waals surface area contributed by atoms with E-state index in [0.29, 0.717) is 43.2 Å². The predicted octanol–water partition coefficient (Wildman–Crippen LogP) is 3.08. The van der Waals surface area contributed by atoms with Crippen molar-refractivity contribution in [1.29, 1.82) is 0 Å². The number of nitrogens with zero attached hydrogens (tertiary/aromatic N) is 5. The Morgan fingerprint density at radius 3 is 2.71 bits per heavy atom. The minimum absolute atomic E-state index is 0.0130. The number of rotatable bonds is 6. The van der Waals surface area contributed by atoms with Crippen LogP contribution in [-0.4, -0.2) is 38.5 Å². The van der Waals surface area contributed by atoms with E-state index in [-0.39, 0.29) is 17.4 Å². The van der Waals surface area contributed by atoms with Gasteiger partial charge in [-0.25, -0.2) is 9.97 Å². The van der Waals surface area contributed by atoms with E-state index in [4.69, 9.17) is 4.98 Å². The van der Waals surface area contributed by atoms with Gasteiger partial charge >= 0.3 is 0 Å². The van der Waals surface area contributed by atoms with Crippen molar-refractivity contribution in [1.82, 2.24) is 24.8 Å². The molecule has 1 fully saturated rings. The van der Waals surface area contributed by atoms with Crippen LogP contribution >= 0.6 is 0 Å². The van der Waals surface area contributed by atoms with Crippen molar-refractivity contribution in [2.45, 2.75) is 32.9 Å². The van der Waals surface area contributed by atoms with E-state index in [1.54, 1.807) is 23.2 Å². The molecule has 4 aromatic rings. The topological polar surface area (TPSA) is 93.0 Å². The highest BCUT2D eigenvalue weighted by atomic mass is 16.2. The fourth-order valence-electron chi connectivity index (χ4n) is 4.51. The molecule has 8 nitrogen and oxygen atoms in total. The molecular formula is C27H28N6O2. The summed E-state index contributed by atoms with van der Waals surface area (Å²) in [5, 5.41) is 3.01. The highest BCUT2D eigenvalue weighted by Crippen LogP contribution is 2.22. The van der Waals surface area contributed by atoms with Crippen molar-refractivity contribution in [3.05, 3.63) is 94.2 Å². The number of fused-ring (bicyclic) bond motifs is 1. The number of carbonyl (C=O) groups excluding carboxylic acids is 1. The van der Waals surface area contributed by atoms with Crippen LogP contribution < -0.4 is 15.8 Å². The van der Waals surface area contributed by atoms with Crippen molar-refractivity contribution >= 4 is 22.9 Å². The molecule has 0 bridgehead atoms. The summed E-state index contributed by atoms with van der Waals surface area (Å²) in [5.74, 6) is 0.153. The first-order valence-corrected chi connectivity index (χ1v) is 11.9. The van der Waals surface area contributed by atoms with Gasteiger partial charge in [-0.05, 0) is 49.1 Å². The molecule has 1 aromatic carbocycles. The first-order valence-electron chi connectivity index (χ1n) is 11.9. The van der Waals surface area contributed by atoms with E-state index in [2.05, 4.69) is 15.3 Å². The molecule has 178 valence electrons. The van der Waals surface area contributed by atoms with Gasteiger partial charge in [0.2, 0.25) is 5.91 Å². The van der Waals surface area contributed by atoms with Gasteiger partial charge in [0.25, 0.3) is 5.56 Å². The molecule has 1 unspecified atom stereocenters. The van der Waals surface area contributed by atoms with Gasteiger partial charge in [-0.2, -0.15) is 0 Å². The highest BCUT2D eigenvalue weighted by molar-refractivity contribution is 5.79. The van der Waals surface area contributed by atoms with Crippen molar-refractivity contribution in [3.8, 4) is 0 Å². The number of nitrogens with one attached hydrogen (secondary N) is 1. The number of piperidine rings is 1. The quantitative estimate of drug-likeness (QED) is 0.468. The van der Waals surface area contributed by atoms with Gasteiger partial charge in [0.05, 0.1) is 12.5 Å². The minimum Gasteiger partial charge on any atom is -0.352 e. The van der Waals surface area contributed by atoms with Gasteiger partial charge in [0.15, 0.2) is 11.5 Å². The zero-order valence-corrected chi connectivity index (χ0v) is 19.7. The molecule has 5 rings (SSSR count). The summed E-state index contributed by atoms with van der Waals surface area (Å²) in [4.78, 5) is 41.8. The molecule has 3 aromatic heterocycles. The monoisotopic (exact) mass is 468 g/mol. The number of pyridine rings is 2. The molecule has 1 saturated heterocycles. The van der Waals surface area contributed by atoms with Crippen LogP contribution in [-0.2, 0) is 17.9 Å². The Morgan fingerprint density at radius 2 is 1.91 bits per heavy atom. The zero-order valence-electron chi connectivity index (χ0n) is 19.7. The lowest BCUT2D eigenvalue weighted by Crippen LogP contribution is -2.45. The number of anilines is 1. The molecule has 1 aliphatic heterocycles. The second kappa shape index (κ2) is 10.0. The van der Waals surface area contributed by atoms with Crippen LogP contribution in [0.25, 0.3) is 11.2 Å². The highest BCUT2D eigenvalue weighted by Gasteiger charge is 2.28. The first kappa shape index (κ1) is 22.7. The third-order valence-corrected chi connectivity index (χ3v) is 6.43. The van der Waals surface area contributed by atoms with E-state index in [9.17, 15) is 9.59 Å². The maximum Gasteiger partial charge on any atom is 0.295 e. The number of hydrogen-bond donors (Lipinski definition) is 1. The molecule has 4 heterocycles. The summed E-state index contributed by atoms with van der Waals surface area (Å²) in [5.41, 5.74) is 4.18. The van der Waals surface area contributed by atoms with E-state index >= 15 is 0 Å². The van der Waals surface area contributed by atoms with Crippen molar-refractivity contribution in [2.75, 3.05) is 18.0 Å². The Kier molecular flexibility index (Phi) is 6.52. The Bertz CT molecular complexity index is 1380. The molecule has 1 atom stereocenters. The summed E-state index contributed by atoms with van der Waals surface area (Å²) in [7, 11) is 0. The summed E-state index contributed by atoms with van der Waals surface area (Å²) in [6, 6.07) is 15.6. The molecular weight excluding hydrogens is 440 g/mol. The molecule has 1 amide bonds. The summed E-state index contributed by atoms with van der Waals surface area (Å²) >= 11 is 0. The number of hydrogen-bond acceptors (Lipinski definition) is 6. The first-order chi connectivity index (χ1) is 17.1. The summed E-state index contributed by atoms with van der Waals surface area (Å²) in [6.45, 7) is 4.02. The largest absolute Gasteiger partial charge is 0.352 e. The lowest BCUT2D eigenvalue weighted by atomic mass is 9.97. The van der Waals surface area contributed by atoms with Crippen molar-refractivity contribution in [2.24, 2.45) is 5.92 Å². The van der Waals surface area contributed by atoms with Crippen LogP contribution in [0.2, 0.25) is 0 Å². The Balaban J connectivity index is 1.40. The number of aryl methyl sites for hydroxylation is 1. The summed E-state index contributed by atoms with van der Waals surface area (Å²) in [6.07, 6.45) is 6.73. The molecule has 0 saturated carbocycles. The smallest absolute Gasteiger partial charge is 0.295 e. The lowest BCUT2D eigenvalue weighted by Gasteiger charge is -2.32. The molecule has 0 aliphatic carbocycles. The molecule has 8 heteroatoms. The standard InChI is InChI=1S/C27H28N6O2/c1-19-8-10-20(11-9-19)17-33-24-23(7-3-13-29-24)31-25(27(33)35)32-14-4-6-22(18-32)26(34)30-16-21-5-2-12-28-15-21/h2-3,5,7-13,15,22H,4,6,14,16-18H2,1H3,(H,30,34). The molecule has 35 heavy (non-hydrogen) atoms. The van der Waals surface area contributed by atoms with Crippen LogP contribution in [0.1, 0.15) is 29.5 Å². The normalized spacial score (nSPS) is 15.8. The average molecular weight is 469 g/mol. The van der Waals surface area contributed by atoms with Crippen LogP contribution in [0, 0.1) is 12.8 Å². The van der Waals surface area contributed by atoms with Gasteiger partial charge < -0.3 is 10.2 Å². The zero-order chi connectivity index (χ0) is 24.2. The molecule has 1 aliphatic rings. The van der Waals surface area contributed by atoms with Gasteiger partial charge in [0.1, 0.15) is 5.52 Å². The third kappa shape index (κ3) is 5.06. The summed E-state index contributed by atoms with van der Waals surface area (Å²) < 4.78 is 1.69. The van der Waals surface area contributed by atoms with Gasteiger partial charge in [0, 0.05) is 38.2 Å². The fraction of sp³-hybridized carbons (Fsp3) is 0.296. The van der Waals surface area contributed by atoms with E-state index in [1.165, 1.54) is 5.56 Å². The third-order valence-electron chi connectivity index (χ3n) is 6.43. The Morgan fingerprint density at radius 1 is 1.09 bits per heavy atom. The molecule has 1 N–H and O–H groups in total. The van der Waals surface area contributed by atoms with Crippen LogP contribution in [0.5, 0.6) is 0 Å². The minimum atomic E-state index is -0.211. The predicted molar refractivity (Wildman–Crippen MR) is 135 cm³/mol. The second-order valence-electron chi connectivity index (χ2n) is 9.02. The average Bonchev–Trinajstić information content (AvgIpc) is 2.90. The van der Waals surface area contributed by atoms with Crippen LogP contribution in [0.15, 0.2) is 71.9 Å². The van der Waals surface area contributed by atoms with Gasteiger partial charge in [-0.1, -0.05) is 35.9 Å². The Hall–Kier alpha value is -4.07. The molecule has 0 radical (unpaired) electrons. The number of carbonyl (C=O) groups is 1. The second-order valence-corrected chi connectivity index (χ2v) is 9.02. The Labute approximate surface area is 203 Å². The number of amides is 1. The maximum atomic E-state index is 13.7. The number of benzene rings is 1. The lowest BCUT2D eigenvalue weighted by molar-refractivity contribution is -0.125. The number of aromatic nitrogens is 4. The maximum absolute atomic E-state index is 13.7. The van der Waals surface area contributed by atoms with Gasteiger partial charge in [-0.3, -0.25) is 19.1 Å². The van der Waals surface area contributed by atoms with E-state index < -0.39 is 0 Å². The molecule has 0 spiro atoms. The van der Waals surface area contributed by atoms with E-state index in [1.807, 2.05) is 60.4 Å². The fourth-order valence-corrected chi connectivity index (χ4v) is 4.51.